The first-order valence-corrected chi connectivity index (χ1v) is 7.11. The van der Waals surface area contributed by atoms with E-state index in [1.165, 1.54) is 6.07 Å². The molecule has 0 spiro atoms. The summed E-state index contributed by atoms with van der Waals surface area (Å²) in [4.78, 5) is 11.8. The van der Waals surface area contributed by atoms with Crippen molar-refractivity contribution in [1.82, 2.24) is 5.32 Å². The third-order valence-corrected chi connectivity index (χ3v) is 3.61. The van der Waals surface area contributed by atoms with E-state index in [2.05, 4.69) is 5.32 Å². The van der Waals surface area contributed by atoms with Gasteiger partial charge in [0.1, 0.15) is 11.6 Å². The lowest BCUT2D eigenvalue weighted by molar-refractivity contribution is -0.121. The second kappa shape index (κ2) is 7.31. The smallest absolute Gasteiger partial charge is 0.220 e. The summed E-state index contributed by atoms with van der Waals surface area (Å²) in [6.07, 6.45) is 5.55. The van der Waals surface area contributed by atoms with Crippen LogP contribution >= 0.6 is 0 Å². The van der Waals surface area contributed by atoms with E-state index in [1.54, 1.807) is 0 Å². The number of benzene rings is 1. The highest BCUT2D eigenvalue weighted by atomic mass is 19.1. The molecule has 1 aromatic rings. The van der Waals surface area contributed by atoms with Crippen LogP contribution in [0.1, 0.15) is 24.8 Å². The van der Waals surface area contributed by atoms with Crippen LogP contribution in [0.2, 0.25) is 0 Å². The minimum atomic E-state index is -0.470. The SMILES string of the molecule is O=C(CCCc1cc(F)ccc1F)N[C@@H]1C=C[C@H](CO)C1. The molecule has 2 N–H and O–H groups in total. The fourth-order valence-corrected chi connectivity index (χ4v) is 2.47. The molecule has 1 aromatic carbocycles. The Bertz CT molecular complexity index is 531. The lowest BCUT2D eigenvalue weighted by atomic mass is 10.1. The summed E-state index contributed by atoms with van der Waals surface area (Å²) < 4.78 is 26.4. The Morgan fingerprint density at radius 1 is 1.33 bits per heavy atom. The van der Waals surface area contributed by atoms with Crippen molar-refractivity contribution in [3.8, 4) is 0 Å². The van der Waals surface area contributed by atoms with Gasteiger partial charge in [0.25, 0.3) is 0 Å². The van der Waals surface area contributed by atoms with E-state index in [4.69, 9.17) is 5.11 Å². The largest absolute Gasteiger partial charge is 0.396 e. The number of aryl methyl sites for hydroxylation is 1. The third-order valence-electron chi connectivity index (χ3n) is 3.61. The number of rotatable bonds is 6. The first-order valence-electron chi connectivity index (χ1n) is 7.11. The maximum atomic E-state index is 13.4. The second-order valence-corrected chi connectivity index (χ2v) is 5.33. The third kappa shape index (κ3) is 4.63. The van der Waals surface area contributed by atoms with Crippen molar-refractivity contribution < 1.29 is 18.7 Å². The maximum absolute atomic E-state index is 13.4. The molecule has 0 saturated carbocycles. The predicted octanol–water partition coefficient (Wildman–Crippen LogP) is 2.34. The van der Waals surface area contributed by atoms with Crippen molar-refractivity contribution >= 4 is 5.91 Å². The molecule has 0 radical (unpaired) electrons. The Morgan fingerprint density at radius 3 is 2.86 bits per heavy atom. The predicted molar refractivity (Wildman–Crippen MR) is 75.6 cm³/mol. The summed E-state index contributed by atoms with van der Waals surface area (Å²) in [5, 5.41) is 11.9. The van der Waals surface area contributed by atoms with E-state index >= 15 is 0 Å². The van der Waals surface area contributed by atoms with Gasteiger partial charge < -0.3 is 10.4 Å². The number of amides is 1. The van der Waals surface area contributed by atoms with Gasteiger partial charge in [0.2, 0.25) is 5.91 Å². The molecule has 0 heterocycles. The van der Waals surface area contributed by atoms with Gasteiger partial charge in [-0.3, -0.25) is 4.79 Å². The van der Waals surface area contributed by atoms with E-state index < -0.39 is 11.6 Å². The molecule has 0 aliphatic heterocycles. The van der Waals surface area contributed by atoms with E-state index in [-0.39, 0.29) is 30.9 Å². The number of aliphatic hydroxyl groups excluding tert-OH is 1. The topological polar surface area (TPSA) is 49.3 Å². The van der Waals surface area contributed by atoms with Crippen molar-refractivity contribution in [3.05, 3.63) is 47.5 Å². The fourth-order valence-electron chi connectivity index (χ4n) is 2.47. The molecule has 21 heavy (non-hydrogen) atoms. The average molecular weight is 295 g/mol. The lowest BCUT2D eigenvalue weighted by Crippen LogP contribution is -2.32. The van der Waals surface area contributed by atoms with Crippen molar-refractivity contribution in [2.24, 2.45) is 5.92 Å². The zero-order valence-electron chi connectivity index (χ0n) is 11.7. The van der Waals surface area contributed by atoms with Gasteiger partial charge in [-0.25, -0.2) is 8.78 Å². The lowest BCUT2D eigenvalue weighted by Gasteiger charge is -2.12. The standard InChI is InChI=1S/C16H19F2NO2/c17-13-5-7-15(18)12(9-13)2-1-3-16(21)19-14-6-4-11(8-14)10-20/h4-7,9,11,14,20H,1-3,8,10H2,(H,19,21)/t11-,14+/m0/s1. The van der Waals surface area contributed by atoms with E-state index in [1.807, 2.05) is 12.2 Å². The Labute approximate surface area is 122 Å². The minimum absolute atomic E-state index is 0.0412. The van der Waals surface area contributed by atoms with Gasteiger partial charge in [0.05, 0.1) is 0 Å². The van der Waals surface area contributed by atoms with Crippen molar-refractivity contribution in [3.63, 3.8) is 0 Å². The summed E-state index contributed by atoms with van der Waals surface area (Å²) in [5.74, 6) is -0.917. The molecule has 0 aromatic heterocycles. The van der Waals surface area contributed by atoms with Gasteiger partial charge in [-0.15, -0.1) is 0 Å². The number of carbonyl (C=O) groups excluding carboxylic acids is 1. The van der Waals surface area contributed by atoms with Crippen LogP contribution in [-0.2, 0) is 11.2 Å². The molecule has 1 aliphatic rings. The molecule has 0 unspecified atom stereocenters. The van der Waals surface area contributed by atoms with E-state index in [0.717, 1.165) is 12.1 Å². The Kier molecular flexibility index (Phi) is 5.44. The van der Waals surface area contributed by atoms with Crippen LogP contribution in [0, 0.1) is 17.6 Å². The van der Waals surface area contributed by atoms with Gasteiger partial charge in [0, 0.05) is 25.0 Å². The molecule has 5 heteroatoms. The Hall–Kier alpha value is -1.75. The molecular formula is C16H19F2NO2. The molecule has 0 fully saturated rings. The highest BCUT2D eigenvalue weighted by Crippen LogP contribution is 2.17. The molecule has 2 rings (SSSR count). The van der Waals surface area contributed by atoms with Gasteiger partial charge in [-0.1, -0.05) is 12.2 Å². The number of hydrogen-bond donors (Lipinski definition) is 2. The van der Waals surface area contributed by atoms with Crippen LogP contribution in [-0.4, -0.2) is 23.7 Å². The van der Waals surface area contributed by atoms with E-state index in [0.29, 0.717) is 24.8 Å². The molecule has 114 valence electrons. The molecule has 2 atom stereocenters. The molecule has 0 saturated heterocycles. The van der Waals surface area contributed by atoms with Crippen LogP contribution < -0.4 is 5.32 Å². The summed E-state index contributed by atoms with van der Waals surface area (Å²) in [6.45, 7) is 0.0850. The highest BCUT2D eigenvalue weighted by Gasteiger charge is 2.19. The van der Waals surface area contributed by atoms with Gasteiger partial charge >= 0.3 is 0 Å². The van der Waals surface area contributed by atoms with Crippen LogP contribution in [0.25, 0.3) is 0 Å². The fraction of sp³-hybridized carbons (Fsp3) is 0.438. The van der Waals surface area contributed by atoms with Gasteiger partial charge in [-0.05, 0) is 43.0 Å². The van der Waals surface area contributed by atoms with Crippen molar-refractivity contribution in [2.45, 2.75) is 31.7 Å². The molecule has 1 aliphatic carbocycles. The monoisotopic (exact) mass is 295 g/mol. The summed E-state index contributed by atoms with van der Waals surface area (Å²) in [6, 6.07) is 3.30. The van der Waals surface area contributed by atoms with Crippen LogP contribution in [0.4, 0.5) is 8.78 Å². The second-order valence-electron chi connectivity index (χ2n) is 5.33. The number of nitrogens with one attached hydrogen (secondary N) is 1. The quantitative estimate of drug-likeness (QED) is 0.791. The molecule has 1 amide bonds. The van der Waals surface area contributed by atoms with Gasteiger partial charge in [0.15, 0.2) is 0 Å². The normalized spacial score (nSPS) is 20.7. The maximum Gasteiger partial charge on any atom is 0.220 e. The highest BCUT2D eigenvalue weighted by molar-refractivity contribution is 5.76. The summed E-state index contributed by atoms with van der Waals surface area (Å²) in [5.41, 5.74) is 0.295. The van der Waals surface area contributed by atoms with Gasteiger partial charge in [-0.2, -0.15) is 0 Å². The Morgan fingerprint density at radius 2 is 2.14 bits per heavy atom. The number of halogens is 2. The zero-order chi connectivity index (χ0) is 15.2. The molecule has 3 nitrogen and oxygen atoms in total. The summed E-state index contributed by atoms with van der Waals surface area (Å²) in [7, 11) is 0. The van der Waals surface area contributed by atoms with Crippen LogP contribution in [0.5, 0.6) is 0 Å². The minimum Gasteiger partial charge on any atom is -0.396 e. The van der Waals surface area contributed by atoms with Crippen LogP contribution in [0.15, 0.2) is 30.4 Å². The first kappa shape index (κ1) is 15.6. The average Bonchev–Trinajstić information content (AvgIpc) is 2.90. The number of aliphatic hydroxyl groups is 1. The first-order chi connectivity index (χ1) is 10.1. The van der Waals surface area contributed by atoms with Crippen molar-refractivity contribution in [1.29, 1.82) is 0 Å². The van der Waals surface area contributed by atoms with Crippen LogP contribution in [0.3, 0.4) is 0 Å². The van der Waals surface area contributed by atoms with Crippen molar-refractivity contribution in [2.75, 3.05) is 6.61 Å². The number of carbonyl (C=O) groups is 1. The molecular weight excluding hydrogens is 276 g/mol. The zero-order valence-corrected chi connectivity index (χ0v) is 11.7. The summed E-state index contributed by atoms with van der Waals surface area (Å²) >= 11 is 0. The molecule has 0 bridgehead atoms. The Balaban J connectivity index is 1.72. The van der Waals surface area contributed by atoms with E-state index in [9.17, 15) is 13.6 Å². The number of hydrogen-bond acceptors (Lipinski definition) is 2.